The number of likely N-dealkylation sites (tertiary alicyclic amines) is 8. The molecule has 24 heteroatoms. The van der Waals surface area contributed by atoms with Crippen molar-refractivity contribution in [3.8, 4) is 0 Å². The van der Waals surface area contributed by atoms with E-state index < -0.39 is 0 Å². The van der Waals surface area contributed by atoms with Gasteiger partial charge in [-0.3, -0.25) is 49.0 Å². The van der Waals surface area contributed by atoms with Gasteiger partial charge >= 0.3 is 0 Å². The Bertz CT molecular complexity index is 2660. The van der Waals surface area contributed by atoms with Crippen LogP contribution in [0.15, 0.2) is 0 Å². The van der Waals surface area contributed by atoms with Crippen molar-refractivity contribution >= 4 is 0 Å². The van der Waals surface area contributed by atoms with Crippen molar-refractivity contribution in [1.82, 2.24) is 79.6 Å². The third-order valence-corrected chi connectivity index (χ3v) is 31.1. The fraction of sp³-hybridized carbons (Fsp3) is 1.00. The summed E-state index contributed by atoms with van der Waals surface area (Å²) in [5.41, 5.74) is 2.15. The van der Waals surface area contributed by atoms with E-state index in [1.807, 2.05) is 0 Å². The first kappa shape index (κ1) is 102. The Morgan fingerprint density at radius 1 is 0.223 bits per heavy atom. The second-order valence-electron chi connectivity index (χ2n) is 43.8. The molecule has 0 aromatic rings. The first-order valence-corrected chi connectivity index (χ1v) is 50.2. The second-order valence-corrected chi connectivity index (χ2v) is 43.8. The van der Waals surface area contributed by atoms with Gasteiger partial charge in [0.05, 0.1) is 98.7 Å². The van der Waals surface area contributed by atoms with Crippen LogP contribution in [0.1, 0.15) is 240 Å². The molecular formula is C97H192N16O8. The van der Waals surface area contributed by atoms with Gasteiger partial charge in [-0.25, -0.2) is 0 Å². The molecule has 708 valence electrons. The molecule has 0 aromatic carbocycles. The Morgan fingerprint density at radius 3 is 0.752 bits per heavy atom. The van der Waals surface area contributed by atoms with Gasteiger partial charge in [-0.15, -0.1) is 0 Å². The van der Waals surface area contributed by atoms with Gasteiger partial charge in [0, 0.05) is 223 Å². The molecule has 7 atom stereocenters. The zero-order chi connectivity index (χ0) is 87.3. The van der Waals surface area contributed by atoms with E-state index >= 15 is 0 Å². The molecule has 0 amide bonds. The summed E-state index contributed by atoms with van der Waals surface area (Å²) in [6.45, 7) is 83.5. The molecular weight excluding hydrogens is 1520 g/mol. The smallest absolute Gasteiger partial charge is 0.0935 e. The van der Waals surface area contributed by atoms with Crippen molar-refractivity contribution in [2.24, 2.45) is 0 Å². The van der Waals surface area contributed by atoms with Crippen molar-refractivity contribution < 1.29 is 37.9 Å². The van der Waals surface area contributed by atoms with Crippen molar-refractivity contribution in [3.05, 3.63) is 0 Å². The predicted molar refractivity (Wildman–Crippen MR) is 499 cm³/mol. The number of hydrogen-bond acceptors (Lipinski definition) is 24. The number of morpholine rings is 8. The third kappa shape index (κ3) is 30.3. The third-order valence-electron chi connectivity index (χ3n) is 31.1. The van der Waals surface area contributed by atoms with Gasteiger partial charge in [-0.2, -0.15) is 0 Å². The molecule has 2 saturated carbocycles. The fourth-order valence-corrected chi connectivity index (χ4v) is 22.6. The largest absolute Gasteiger partial charge is 0.378 e. The average Bonchev–Trinajstić information content (AvgIpc) is 1.64. The number of likely N-dealkylation sites (N-methyl/N-ethyl adjacent to an activating group) is 4. The van der Waals surface area contributed by atoms with Crippen LogP contribution >= 0.6 is 0 Å². The van der Waals surface area contributed by atoms with Gasteiger partial charge in [-0.05, 0) is 308 Å². The number of hydrogen-bond donors (Lipinski definition) is 3. The van der Waals surface area contributed by atoms with Gasteiger partial charge in [0.25, 0.3) is 0 Å². The van der Waals surface area contributed by atoms with Crippen LogP contribution in [0.5, 0.6) is 0 Å². The van der Waals surface area contributed by atoms with Gasteiger partial charge in [-0.1, -0.05) is 0 Å². The molecule has 18 fully saturated rings. The van der Waals surface area contributed by atoms with Crippen molar-refractivity contribution in [2.75, 3.05) is 284 Å². The summed E-state index contributed by atoms with van der Waals surface area (Å²) in [5, 5.41) is 10.4. The molecule has 0 aromatic heterocycles. The van der Waals surface area contributed by atoms with E-state index in [4.69, 9.17) is 37.9 Å². The number of ether oxygens (including phenoxy) is 8. The summed E-state index contributed by atoms with van der Waals surface area (Å²) in [7, 11) is 8.89. The van der Waals surface area contributed by atoms with Crippen molar-refractivity contribution in [3.63, 3.8) is 0 Å². The van der Waals surface area contributed by atoms with Gasteiger partial charge in [0.15, 0.2) is 0 Å². The lowest BCUT2D eigenvalue weighted by Gasteiger charge is -2.49. The van der Waals surface area contributed by atoms with E-state index in [0.29, 0.717) is 65.0 Å². The monoisotopic (exact) mass is 1710 g/mol. The Kier molecular flexibility index (Phi) is 40.0. The second kappa shape index (κ2) is 47.4. The number of nitrogens with one attached hydrogen (secondary N) is 3. The summed E-state index contributed by atoms with van der Waals surface area (Å²) in [4.78, 5) is 32.8. The van der Waals surface area contributed by atoms with Crippen LogP contribution in [0, 0.1) is 0 Å². The van der Waals surface area contributed by atoms with Crippen LogP contribution in [0.4, 0.5) is 0 Å². The molecule has 16 aliphatic heterocycles. The molecule has 24 nitrogen and oxygen atoms in total. The lowest BCUT2D eigenvalue weighted by atomic mass is 9.84. The zero-order valence-corrected chi connectivity index (χ0v) is 82.6. The quantitative estimate of drug-likeness (QED) is 0.201. The molecule has 18 aliphatic rings. The lowest BCUT2D eigenvalue weighted by Crippen LogP contribution is -2.59. The highest BCUT2D eigenvalue weighted by Crippen LogP contribution is 2.46. The van der Waals surface area contributed by atoms with E-state index in [0.717, 1.165) is 196 Å². The van der Waals surface area contributed by atoms with Crippen LogP contribution in [0.2, 0.25) is 0 Å². The molecule has 0 radical (unpaired) electrons. The molecule has 9 spiro atoms. The molecule has 16 saturated heterocycles. The van der Waals surface area contributed by atoms with E-state index in [-0.39, 0.29) is 33.6 Å². The summed E-state index contributed by atoms with van der Waals surface area (Å²) in [6, 6.07) is 6.03. The molecule has 3 unspecified atom stereocenters. The topological polar surface area (TPSA) is 152 Å². The Hall–Kier alpha value is -0.960. The molecule has 18 rings (SSSR count). The number of piperidine rings is 6. The highest BCUT2D eigenvalue weighted by Gasteiger charge is 2.53. The summed E-state index contributed by atoms with van der Waals surface area (Å²) in [5.74, 6) is 0. The van der Waals surface area contributed by atoms with E-state index in [2.05, 4.69) is 232 Å². The average molecular weight is 1710 g/mol. The summed E-state index contributed by atoms with van der Waals surface area (Å²) in [6.07, 6.45) is 23.2. The highest BCUT2D eigenvalue weighted by atomic mass is 16.5. The maximum atomic E-state index is 6.07. The van der Waals surface area contributed by atoms with E-state index in [9.17, 15) is 0 Å². The van der Waals surface area contributed by atoms with Crippen LogP contribution in [-0.2, 0) is 37.9 Å². The first-order valence-electron chi connectivity index (χ1n) is 50.2. The molecule has 121 heavy (non-hydrogen) atoms. The minimum atomic E-state index is 0.126. The Morgan fingerprint density at radius 2 is 0.504 bits per heavy atom. The number of rotatable bonds is 9. The van der Waals surface area contributed by atoms with Crippen LogP contribution in [-0.4, -0.2) is 452 Å². The van der Waals surface area contributed by atoms with Gasteiger partial charge < -0.3 is 68.5 Å². The molecule has 3 N–H and O–H groups in total. The minimum absolute atomic E-state index is 0.126. The maximum absolute atomic E-state index is 6.07. The Labute approximate surface area is 742 Å². The normalized spacial score (nSPS) is 34.5. The van der Waals surface area contributed by atoms with Crippen LogP contribution in [0.3, 0.4) is 0 Å². The van der Waals surface area contributed by atoms with E-state index in [1.165, 1.54) is 181 Å². The first-order chi connectivity index (χ1) is 57.6. The van der Waals surface area contributed by atoms with Crippen molar-refractivity contribution in [1.29, 1.82) is 0 Å². The molecule has 0 bridgehead atoms. The van der Waals surface area contributed by atoms with Crippen LogP contribution in [0.25, 0.3) is 0 Å². The highest BCUT2D eigenvalue weighted by molar-refractivity contribution is 5.08. The van der Waals surface area contributed by atoms with Crippen molar-refractivity contribution in [2.45, 2.75) is 345 Å². The van der Waals surface area contributed by atoms with Gasteiger partial charge in [0.2, 0.25) is 0 Å². The molecule has 2 aliphatic carbocycles. The summed E-state index contributed by atoms with van der Waals surface area (Å²) < 4.78 is 47.4. The van der Waals surface area contributed by atoms with Crippen LogP contribution < -0.4 is 16.0 Å². The zero-order valence-electron chi connectivity index (χ0n) is 82.6. The Balaban J connectivity index is 0.000000143. The standard InChI is InChI=1S/3C12H24N2O.3C11H22N2O.C10H20N2.2C9H17NO/c3*1-11(2)14-6-4-5-12(10-14)9-13(3)7-8-15-12;3*1-10(2)13-6-3-4-11(9-13)8-12-5-7-14-11;1-9(2)12-7-5-10(8-12)4-6-11(10)3;1-8(2)10-5-6-11-7-9(10)3-4-9;1-8(2)10-5-6-11-9(7-10)3-4-9/h3*11H,4-10H2,1-3H3;3*10,12H,3-9H2,1-2H3;9H,4-8H2,1-3H3;2*8H,3-7H2,1-2H3/t2*12-;;2*11-;;;;/m10.10..../s1. The lowest BCUT2D eigenvalue weighted by molar-refractivity contribution is -0.139. The minimum Gasteiger partial charge on any atom is -0.378 e. The fourth-order valence-electron chi connectivity index (χ4n) is 22.6. The SMILES string of the molecule is CC(C)N1CCC2(CCN2C)C1.CC(C)N1CCCC2(CN(C)CCO2)C1.CC(C)N1CCCC2(CNCCO2)C1.CC(C)N1CCC[C@@]2(CN(C)CCO2)C1.CC(C)N1CCC[C@@]2(CNCCO2)C1.CC(C)N1CCC[C@]2(CN(C)CCO2)C1.CC(C)N1CCC[C@]2(CNCCO2)C1.CC(C)N1CCOC2(CC2)C1.CC(C)N1CCOCC12CC2. The van der Waals surface area contributed by atoms with Gasteiger partial charge in [0.1, 0.15) is 0 Å². The summed E-state index contributed by atoms with van der Waals surface area (Å²) >= 11 is 0. The number of nitrogens with zero attached hydrogens (tertiary/aromatic N) is 13. The molecule has 16 heterocycles. The van der Waals surface area contributed by atoms with E-state index in [1.54, 1.807) is 0 Å². The maximum Gasteiger partial charge on any atom is 0.0935 e. The predicted octanol–water partition coefficient (Wildman–Crippen LogP) is 9.82.